The van der Waals surface area contributed by atoms with Crippen molar-refractivity contribution in [2.45, 2.75) is 99.4 Å². The molecule has 3 aliphatic heterocycles. The number of hydrogen-bond donors (Lipinski definition) is 3. The number of piperidine rings is 1. The second-order valence-corrected chi connectivity index (χ2v) is 16.5. The van der Waals surface area contributed by atoms with E-state index in [0.29, 0.717) is 55.1 Å². The molecular formula is C38H44ClF6N9O6S. The SMILES string of the molecule is CC1(C)C(=O)N(Sc2cnc(C#N)c(C(F)(F)F)c2)C(=O)N1C1CCC(OCCN2CCN(CC(=O)Nc3cccc(NC4CCC(=O)NC4=O)c3)[C@@H](C(F)(F)F)C2)CC1.Cl. The summed E-state index contributed by atoms with van der Waals surface area (Å²) in [7, 11) is 0. The lowest BCUT2D eigenvalue weighted by Gasteiger charge is -2.42. The first-order valence-electron chi connectivity index (χ1n) is 19.2. The van der Waals surface area contributed by atoms with E-state index in [4.69, 9.17) is 10.00 Å². The first-order valence-corrected chi connectivity index (χ1v) is 20.0. The van der Waals surface area contributed by atoms with Crippen molar-refractivity contribution in [2.75, 3.05) is 50.0 Å². The molecule has 15 nitrogen and oxygen atoms in total. The molecule has 0 radical (unpaired) electrons. The fraction of sp³-hybridized carbons (Fsp3) is 0.553. The van der Waals surface area contributed by atoms with E-state index in [1.807, 2.05) is 0 Å². The lowest BCUT2D eigenvalue weighted by atomic mass is 9.89. The van der Waals surface area contributed by atoms with Gasteiger partial charge in [0.2, 0.25) is 17.7 Å². The Balaban J connectivity index is 0.00000704. The summed E-state index contributed by atoms with van der Waals surface area (Å²) < 4.78 is 90.2. The summed E-state index contributed by atoms with van der Waals surface area (Å²) >= 11 is 0.500. The molecule has 1 aliphatic carbocycles. The van der Waals surface area contributed by atoms with Crippen LogP contribution in [-0.4, -0.2) is 129 Å². The number of benzene rings is 1. The normalized spacial score (nSPS) is 23.9. The van der Waals surface area contributed by atoms with Gasteiger partial charge in [-0.25, -0.2) is 9.78 Å². The first kappa shape index (κ1) is 47.4. The molecule has 2 aromatic rings. The van der Waals surface area contributed by atoms with E-state index >= 15 is 0 Å². The number of nitrogens with one attached hydrogen (secondary N) is 3. The molecule has 0 spiro atoms. The Morgan fingerprint density at radius 1 is 1.03 bits per heavy atom. The predicted molar refractivity (Wildman–Crippen MR) is 210 cm³/mol. The van der Waals surface area contributed by atoms with Crippen LogP contribution in [0.2, 0.25) is 0 Å². The fourth-order valence-corrected chi connectivity index (χ4v) is 8.83. The maximum atomic E-state index is 14.3. The van der Waals surface area contributed by atoms with Gasteiger partial charge in [-0.15, -0.1) is 12.4 Å². The van der Waals surface area contributed by atoms with Crippen LogP contribution in [0.4, 0.5) is 42.5 Å². The molecule has 23 heteroatoms. The number of piperazine rings is 1. The molecule has 1 saturated carbocycles. The molecule has 2 atom stereocenters. The zero-order valence-corrected chi connectivity index (χ0v) is 34.6. The number of nitrogens with zero attached hydrogens (tertiary/aromatic N) is 6. The van der Waals surface area contributed by atoms with E-state index in [-0.39, 0.29) is 81.0 Å². The van der Waals surface area contributed by atoms with Crippen molar-refractivity contribution in [2.24, 2.45) is 0 Å². The van der Waals surface area contributed by atoms with E-state index in [1.165, 1.54) is 11.0 Å². The molecule has 1 aromatic carbocycles. The van der Waals surface area contributed by atoms with Crippen LogP contribution in [0.15, 0.2) is 41.4 Å². The third kappa shape index (κ3) is 11.2. The number of imide groups is 2. The third-order valence-corrected chi connectivity index (χ3v) is 11.9. The van der Waals surface area contributed by atoms with Crippen molar-refractivity contribution in [3.8, 4) is 6.07 Å². The maximum absolute atomic E-state index is 14.3. The Bertz CT molecular complexity index is 2030. The van der Waals surface area contributed by atoms with Crippen LogP contribution < -0.4 is 16.0 Å². The van der Waals surface area contributed by atoms with Gasteiger partial charge in [0, 0.05) is 73.1 Å². The average Bonchev–Trinajstić information content (AvgIpc) is 3.34. The van der Waals surface area contributed by atoms with Gasteiger partial charge in [-0.05, 0) is 70.2 Å². The van der Waals surface area contributed by atoms with Crippen molar-refractivity contribution < 1.29 is 55.1 Å². The van der Waals surface area contributed by atoms with Gasteiger partial charge in [0.1, 0.15) is 23.7 Å². The fourth-order valence-electron chi connectivity index (χ4n) is 7.88. The van der Waals surface area contributed by atoms with E-state index in [1.54, 1.807) is 43.0 Å². The van der Waals surface area contributed by atoms with Crippen molar-refractivity contribution in [3.05, 3.63) is 47.8 Å². The van der Waals surface area contributed by atoms with E-state index in [0.717, 1.165) is 15.4 Å². The molecule has 61 heavy (non-hydrogen) atoms. The number of carbonyl (C=O) groups is 5. The van der Waals surface area contributed by atoms with Gasteiger partial charge in [-0.3, -0.25) is 34.3 Å². The second-order valence-electron chi connectivity index (χ2n) is 15.5. The van der Waals surface area contributed by atoms with Crippen molar-refractivity contribution in [3.63, 3.8) is 0 Å². The van der Waals surface area contributed by atoms with Gasteiger partial charge in [0.05, 0.1) is 24.8 Å². The highest BCUT2D eigenvalue weighted by Crippen LogP contribution is 2.41. The monoisotopic (exact) mass is 903 g/mol. The molecule has 4 aliphatic rings. The molecule has 1 unspecified atom stereocenters. The number of amides is 6. The highest BCUT2D eigenvalue weighted by Gasteiger charge is 2.55. The van der Waals surface area contributed by atoms with Gasteiger partial charge < -0.3 is 20.3 Å². The average molecular weight is 904 g/mol. The molecule has 332 valence electrons. The number of urea groups is 1. The second kappa shape index (κ2) is 19.1. The highest BCUT2D eigenvalue weighted by atomic mass is 35.5. The smallest absolute Gasteiger partial charge is 0.377 e. The number of carbonyl (C=O) groups excluding carboxylic acids is 5. The Morgan fingerprint density at radius 2 is 1.74 bits per heavy atom. The van der Waals surface area contributed by atoms with Gasteiger partial charge in [0.25, 0.3) is 5.91 Å². The Kier molecular flexibility index (Phi) is 14.9. The maximum Gasteiger partial charge on any atom is 0.419 e. The zero-order valence-electron chi connectivity index (χ0n) is 33.0. The summed E-state index contributed by atoms with van der Waals surface area (Å²) in [5, 5.41) is 16.9. The van der Waals surface area contributed by atoms with E-state index < -0.39 is 71.5 Å². The minimum atomic E-state index is -4.88. The minimum Gasteiger partial charge on any atom is -0.377 e. The van der Waals surface area contributed by atoms with Crippen LogP contribution in [-0.2, 0) is 30.1 Å². The molecule has 4 fully saturated rings. The summed E-state index contributed by atoms with van der Waals surface area (Å²) in [5.41, 5.74) is -2.62. The molecule has 1 aromatic heterocycles. The Labute approximate surface area is 357 Å². The topological polar surface area (TPSA) is 180 Å². The van der Waals surface area contributed by atoms with E-state index in [2.05, 4.69) is 20.9 Å². The molecule has 6 rings (SSSR count). The Hall–Kier alpha value is -4.69. The molecule has 4 heterocycles. The molecule has 3 saturated heterocycles. The highest BCUT2D eigenvalue weighted by molar-refractivity contribution is 7.98. The summed E-state index contributed by atoms with van der Waals surface area (Å²) in [5.74, 6) is -2.11. The van der Waals surface area contributed by atoms with Crippen molar-refractivity contribution >= 4 is 65.4 Å². The summed E-state index contributed by atoms with van der Waals surface area (Å²) in [6, 6.07) is 4.81. The van der Waals surface area contributed by atoms with Gasteiger partial charge in [-0.1, -0.05) is 6.07 Å². The number of ether oxygens (including phenoxy) is 1. The number of aromatic nitrogens is 1. The number of anilines is 2. The quantitative estimate of drug-likeness (QED) is 0.110. The van der Waals surface area contributed by atoms with Crippen molar-refractivity contribution in [1.82, 2.24) is 29.3 Å². The standard InChI is InChI=1S/C38H43F6N9O6S.ClH/c1-36(2)34(57)53(60-26-17-27(37(39,40)41)29(18-45)46-19-26)35(58)52(36)24-6-8-25(9-7-24)59-15-14-50-12-13-51(30(20-50)38(42,43)44)21-32(55)48-23-5-3-4-22(16-23)47-28-10-11-31(54)49-33(28)56;/h3-5,16-17,19,24-25,28,30,47H,6-15,20-21H2,1-2H3,(H,48,55)(H,49,54,56);1H/t24?,25?,28?,30-;/m1./s1. The number of hydrogen-bond acceptors (Lipinski definition) is 12. The molecular weight excluding hydrogens is 860 g/mol. The minimum absolute atomic E-state index is 0. The summed E-state index contributed by atoms with van der Waals surface area (Å²) in [6.07, 6.45) is -6.43. The van der Waals surface area contributed by atoms with Crippen molar-refractivity contribution in [1.29, 1.82) is 5.26 Å². The van der Waals surface area contributed by atoms with Gasteiger partial charge >= 0.3 is 18.4 Å². The molecule has 6 amide bonds. The largest absolute Gasteiger partial charge is 0.419 e. The lowest BCUT2D eigenvalue weighted by molar-refractivity contribution is -0.197. The summed E-state index contributed by atoms with van der Waals surface area (Å²) in [4.78, 5) is 71.0. The van der Waals surface area contributed by atoms with Crippen LogP contribution in [0.25, 0.3) is 0 Å². The summed E-state index contributed by atoms with van der Waals surface area (Å²) in [6.45, 7) is 2.80. The van der Waals surface area contributed by atoms with Gasteiger partial charge in [-0.2, -0.15) is 35.9 Å². The molecule has 3 N–H and O–H groups in total. The number of rotatable bonds is 12. The zero-order chi connectivity index (χ0) is 43.6. The Morgan fingerprint density at radius 3 is 2.39 bits per heavy atom. The lowest BCUT2D eigenvalue weighted by Crippen LogP contribution is -2.60. The van der Waals surface area contributed by atoms with Crippen LogP contribution in [0, 0.1) is 11.3 Å². The number of alkyl halides is 6. The van der Waals surface area contributed by atoms with Crippen LogP contribution in [0.1, 0.15) is 63.6 Å². The number of nitriles is 1. The first-order chi connectivity index (χ1) is 28.2. The third-order valence-electron chi connectivity index (χ3n) is 11.0. The van der Waals surface area contributed by atoms with Crippen LogP contribution in [0.3, 0.4) is 0 Å². The van der Waals surface area contributed by atoms with Crippen LogP contribution in [0.5, 0.6) is 0 Å². The van der Waals surface area contributed by atoms with Gasteiger partial charge in [0.15, 0.2) is 5.69 Å². The number of pyridine rings is 1. The molecule has 0 bridgehead atoms. The predicted octanol–water partition coefficient (Wildman–Crippen LogP) is 5.18. The van der Waals surface area contributed by atoms with Crippen LogP contribution >= 0.6 is 24.4 Å². The van der Waals surface area contributed by atoms with E-state index in [9.17, 15) is 50.3 Å². The number of halogens is 7.